The second-order valence-corrected chi connectivity index (χ2v) is 11.6. The first-order valence-corrected chi connectivity index (χ1v) is 15.7. The number of hydrogen-bond acceptors (Lipinski definition) is 12. The summed E-state index contributed by atoms with van der Waals surface area (Å²) in [6.07, 6.45) is -1.62. The van der Waals surface area contributed by atoms with Gasteiger partial charge in [-0.25, -0.2) is 14.6 Å². The van der Waals surface area contributed by atoms with Crippen molar-refractivity contribution in [3.8, 4) is 22.5 Å². The van der Waals surface area contributed by atoms with E-state index in [9.17, 15) is 9.59 Å². The third-order valence-corrected chi connectivity index (χ3v) is 8.38. The van der Waals surface area contributed by atoms with Crippen molar-refractivity contribution in [2.24, 2.45) is 0 Å². The van der Waals surface area contributed by atoms with E-state index < -0.39 is 30.6 Å². The summed E-state index contributed by atoms with van der Waals surface area (Å²) in [6, 6.07) is 15.7. The highest BCUT2D eigenvalue weighted by Crippen LogP contribution is 2.32. The summed E-state index contributed by atoms with van der Waals surface area (Å²) in [4.78, 5) is 30.5. The van der Waals surface area contributed by atoms with Gasteiger partial charge in [-0.15, -0.1) is 10.2 Å². The van der Waals surface area contributed by atoms with E-state index in [2.05, 4.69) is 32.5 Å². The fourth-order valence-corrected chi connectivity index (χ4v) is 6.06. The largest absolute Gasteiger partial charge is 0.511 e. The molecule has 6 rings (SSSR count). The fraction of sp³-hybridized carbons (Fsp3) is 0.438. The molecule has 5 atom stereocenters. The number of esters is 1. The minimum absolute atomic E-state index is 0.00163. The topological polar surface area (TPSA) is 162 Å². The number of aromatic amines is 1. The molecular formula is C32H35ClN6O8. The zero-order valence-corrected chi connectivity index (χ0v) is 26.9. The molecule has 47 heavy (non-hydrogen) atoms. The van der Waals surface area contributed by atoms with Crippen molar-refractivity contribution in [3.63, 3.8) is 0 Å². The van der Waals surface area contributed by atoms with E-state index in [0.29, 0.717) is 31.2 Å². The molecule has 0 bridgehead atoms. The quantitative estimate of drug-likeness (QED) is 0.165. The number of methoxy groups -OCH3 is 1. The van der Waals surface area contributed by atoms with E-state index in [1.165, 1.54) is 6.92 Å². The summed E-state index contributed by atoms with van der Waals surface area (Å²) in [5, 5.41) is 14.4. The molecule has 2 saturated heterocycles. The zero-order valence-electron chi connectivity index (χ0n) is 26.1. The standard InChI is InChI=1S/C32H35ClN6O8/c1-4-5-10-25-34-29(33)26(31(40)45-18(2)46-32(41)47-24-17-44-27-23(42-3)16-43-28(24)27)39(25)15-19-11-13-20(14-12-19)21-8-6-7-9-22(21)30-35-37-38-36-30/h6-9,11-14,18,23-24,27-28H,4-5,10,15-17H2,1-3H3,(H,35,36,37,38)/t18?,23-,24-,27-,28-/m1/s1. The van der Waals surface area contributed by atoms with Crippen molar-refractivity contribution in [3.05, 3.63) is 70.8 Å². The lowest BCUT2D eigenvalue weighted by Crippen LogP contribution is -2.35. The molecule has 2 aromatic heterocycles. The van der Waals surface area contributed by atoms with Crippen molar-refractivity contribution >= 4 is 23.7 Å². The molecule has 14 nitrogen and oxygen atoms in total. The molecule has 0 saturated carbocycles. The minimum Gasteiger partial charge on any atom is -0.426 e. The molecule has 248 valence electrons. The number of fused-ring (bicyclic) bond motifs is 1. The number of rotatable bonds is 12. The Bertz CT molecular complexity index is 1680. The maximum atomic E-state index is 13.4. The molecule has 2 aliphatic heterocycles. The summed E-state index contributed by atoms with van der Waals surface area (Å²) in [7, 11) is 1.57. The number of halogens is 1. The second kappa shape index (κ2) is 14.6. The predicted octanol–water partition coefficient (Wildman–Crippen LogP) is 4.61. The molecule has 0 spiro atoms. The number of hydrogen-bond donors (Lipinski definition) is 1. The maximum Gasteiger partial charge on any atom is 0.511 e. The van der Waals surface area contributed by atoms with Gasteiger partial charge in [-0.05, 0) is 28.3 Å². The number of nitrogens with zero attached hydrogens (tertiary/aromatic N) is 5. The zero-order chi connectivity index (χ0) is 32.9. The Labute approximate surface area is 275 Å². The van der Waals surface area contributed by atoms with Crippen molar-refractivity contribution < 1.29 is 38.0 Å². The molecule has 1 unspecified atom stereocenters. The second-order valence-electron chi connectivity index (χ2n) is 11.2. The number of aryl methyl sites for hydroxylation is 1. The lowest BCUT2D eigenvalue weighted by Gasteiger charge is -2.19. The predicted molar refractivity (Wildman–Crippen MR) is 167 cm³/mol. The minimum atomic E-state index is -1.28. The third kappa shape index (κ3) is 7.15. The van der Waals surface area contributed by atoms with E-state index in [1.54, 1.807) is 11.7 Å². The summed E-state index contributed by atoms with van der Waals surface area (Å²) >= 11 is 6.52. The molecule has 4 aromatic rings. The van der Waals surface area contributed by atoms with Crippen LogP contribution in [-0.2, 0) is 41.4 Å². The number of tetrazole rings is 1. The first kappa shape index (κ1) is 32.6. The number of H-pyrrole nitrogens is 1. The van der Waals surface area contributed by atoms with Crippen LogP contribution in [0.2, 0.25) is 5.15 Å². The number of ether oxygens (including phenoxy) is 6. The Balaban J connectivity index is 1.14. The molecule has 2 aliphatic rings. The van der Waals surface area contributed by atoms with Gasteiger partial charge in [-0.2, -0.15) is 5.21 Å². The van der Waals surface area contributed by atoms with Crippen molar-refractivity contribution in [2.75, 3.05) is 20.3 Å². The monoisotopic (exact) mass is 666 g/mol. The van der Waals surface area contributed by atoms with Crippen LogP contribution >= 0.6 is 11.6 Å². The summed E-state index contributed by atoms with van der Waals surface area (Å²) < 4.78 is 34.6. The van der Waals surface area contributed by atoms with Crippen LogP contribution in [0.4, 0.5) is 4.79 Å². The third-order valence-electron chi connectivity index (χ3n) is 8.12. The van der Waals surface area contributed by atoms with E-state index in [1.807, 2.05) is 48.5 Å². The van der Waals surface area contributed by atoms with Gasteiger partial charge in [0, 0.05) is 32.6 Å². The number of aromatic nitrogens is 6. The lowest BCUT2D eigenvalue weighted by molar-refractivity contribution is -0.0993. The van der Waals surface area contributed by atoms with Crippen molar-refractivity contribution in [1.82, 2.24) is 30.2 Å². The van der Waals surface area contributed by atoms with Crippen LogP contribution in [-0.4, -0.2) is 93.3 Å². The molecule has 15 heteroatoms. The number of carbonyl (C=O) groups excluding carboxylic acids is 2. The Kier molecular flexibility index (Phi) is 10.1. The number of benzene rings is 2. The van der Waals surface area contributed by atoms with Gasteiger partial charge in [0.05, 0.1) is 13.2 Å². The average Bonchev–Trinajstić information content (AvgIpc) is 3.87. The number of unbranched alkanes of at least 4 members (excludes halogenated alkanes) is 1. The molecule has 4 heterocycles. The molecule has 0 aliphatic carbocycles. The number of imidazole rings is 1. The van der Waals surface area contributed by atoms with Gasteiger partial charge in [0.1, 0.15) is 24.1 Å². The Morgan fingerprint density at radius 2 is 1.77 bits per heavy atom. The van der Waals surface area contributed by atoms with Gasteiger partial charge in [0.25, 0.3) is 0 Å². The van der Waals surface area contributed by atoms with Gasteiger partial charge < -0.3 is 33.0 Å². The number of carbonyl (C=O) groups is 2. The van der Waals surface area contributed by atoms with Gasteiger partial charge in [-0.3, -0.25) is 0 Å². The van der Waals surface area contributed by atoms with E-state index in [-0.39, 0.29) is 29.7 Å². The van der Waals surface area contributed by atoms with Gasteiger partial charge >= 0.3 is 12.1 Å². The number of nitrogens with one attached hydrogen (secondary N) is 1. The molecule has 2 aromatic carbocycles. The lowest BCUT2D eigenvalue weighted by atomic mass is 9.98. The fourth-order valence-electron chi connectivity index (χ4n) is 5.79. The smallest absolute Gasteiger partial charge is 0.426 e. The molecule has 1 N–H and O–H groups in total. The van der Waals surface area contributed by atoms with Gasteiger partial charge in [0.15, 0.2) is 17.0 Å². The van der Waals surface area contributed by atoms with E-state index in [0.717, 1.165) is 35.1 Å². The SMILES string of the molecule is CCCCc1nc(Cl)c(C(=O)OC(C)OC(=O)O[C@@H]2CO[C@H]3[C@@H]2OC[C@H]3OC)n1Cc1ccc(-c2ccccc2-c2nn[nH]n2)cc1. The first-order chi connectivity index (χ1) is 22.9. The van der Waals surface area contributed by atoms with Crippen LogP contribution < -0.4 is 0 Å². The normalized spacial score (nSPS) is 20.9. The van der Waals surface area contributed by atoms with E-state index >= 15 is 0 Å². The van der Waals surface area contributed by atoms with Crippen LogP contribution in [0.5, 0.6) is 0 Å². The highest BCUT2D eigenvalue weighted by atomic mass is 35.5. The molecule has 2 fully saturated rings. The van der Waals surface area contributed by atoms with Crippen LogP contribution in [0, 0.1) is 0 Å². The van der Waals surface area contributed by atoms with Crippen LogP contribution in [0.25, 0.3) is 22.5 Å². The Hall–Kier alpha value is -4.37. The van der Waals surface area contributed by atoms with Gasteiger partial charge in [0.2, 0.25) is 12.1 Å². The molecular weight excluding hydrogens is 632 g/mol. The van der Waals surface area contributed by atoms with Crippen LogP contribution in [0.1, 0.15) is 48.6 Å². The first-order valence-electron chi connectivity index (χ1n) is 15.4. The Morgan fingerprint density at radius 3 is 2.47 bits per heavy atom. The molecule has 0 radical (unpaired) electrons. The summed E-state index contributed by atoms with van der Waals surface area (Å²) in [6.45, 7) is 4.26. The van der Waals surface area contributed by atoms with Gasteiger partial charge in [-0.1, -0.05) is 73.5 Å². The van der Waals surface area contributed by atoms with E-state index in [4.69, 9.17) is 40.0 Å². The summed E-state index contributed by atoms with van der Waals surface area (Å²) in [5.41, 5.74) is 3.71. The maximum absolute atomic E-state index is 13.4. The van der Waals surface area contributed by atoms with Crippen LogP contribution in [0.3, 0.4) is 0 Å². The highest BCUT2D eigenvalue weighted by molar-refractivity contribution is 6.32. The van der Waals surface area contributed by atoms with Crippen molar-refractivity contribution in [1.29, 1.82) is 0 Å². The van der Waals surface area contributed by atoms with Crippen LogP contribution in [0.15, 0.2) is 48.5 Å². The Morgan fingerprint density at radius 1 is 1.04 bits per heavy atom. The van der Waals surface area contributed by atoms with Crippen molar-refractivity contribution in [2.45, 2.75) is 70.4 Å². The molecule has 0 amide bonds. The summed E-state index contributed by atoms with van der Waals surface area (Å²) in [5.74, 6) is 0.352. The highest BCUT2D eigenvalue weighted by Gasteiger charge is 2.50. The average molecular weight is 667 g/mol.